The highest BCUT2D eigenvalue weighted by molar-refractivity contribution is 6.06. The monoisotopic (exact) mass is 383 g/mol. The SMILES string of the molecule is COc1ccc(OC)c(NC(=O)c2cncc(C(=O)N3CCCC(C)C3)c2)c1. The van der Waals surface area contributed by atoms with Crippen LogP contribution in [0.1, 0.15) is 40.5 Å². The van der Waals surface area contributed by atoms with Crippen LogP contribution in [0.3, 0.4) is 0 Å². The molecule has 7 heteroatoms. The lowest BCUT2D eigenvalue weighted by Gasteiger charge is -2.31. The summed E-state index contributed by atoms with van der Waals surface area (Å²) in [5, 5.41) is 2.80. The molecule has 1 unspecified atom stereocenters. The number of piperidine rings is 1. The first-order valence-corrected chi connectivity index (χ1v) is 9.29. The van der Waals surface area contributed by atoms with Crippen molar-refractivity contribution in [2.24, 2.45) is 5.92 Å². The number of amides is 2. The molecule has 1 aromatic carbocycles. The number of aromatic nitrogens is 1. The summed E-state index contributed by atoms with van der Waals surface area (Å²) in [5.41, 5.74) is 1.20. The molecule has 148 valence electrons. The van der Waals surface area contributed by atoms with Crippen molar-refractivity contribution < 1.29 is 19.1 Å². The van der Waals surface area contributed by atoms with Gasteiger partial charge < -0.3 is 19.7 Å². The predicted octanol–water partition coefficient (Wildman–Crippen LogP) is 3.22. The highest BCUT2D eigenvalue weighted by atomic mass is 16.5. The minimum atomic E-state index is -0.374. The van der Waals surface area contributed by atoms with Gasteiger partial charge in [0.2, 0.25) is 0 Å². The molecular weight excluding hydrogens is 358 g/mol. The summed E-state index contributed by atoms with van der Waals surface area (Å²) in [6.07, 6.45) is 5.07. The standard InChI is InChI=1S/C21H25N3O4/c1-14-5-4-8-24(13-14)21(26)16-9-15(11-22-12-16)20(25)23-18-10-17(27-2)6-7-19(18)28-3/h6-7,9-12,14H,4-5,8,13H2,1-3H3,(H,23,25). The summed E-state index contributed by atoms with van der Waals surface area (Å²) in [4.78, 5) is 31.4. The quantitative estimate of drug-likeness (QED) is 0.857. The first kappa shape index (κ1) is 19.7. The van der Waals surface area contributed by atoms with E-state index in [0.717, 1.165) is 25.9 Å². The Morgan fingerprint density at radius 1 is 1.14 bits per heavy atom. The summed E-state index contributed by atoms with van der Waals surface area (Å²) in [6, 6.07) is 6.71. The predicted molar refractivity (Wildman–Crippen MR) is 106 cm³/mol. The van der Waals surface area contributed by atoms with Crippen molar-refractivity contribution in [3.63, 3.8) is 0 Å². The van der Waals surface area contributed by atoms with Crippen LogP contribution in [0.15, 0.2) is 36.7 Å². The molecule has 0 saturated carbocycles. The molecule has 1 saturated heterocycles. The van der Waals surface area contributed by atoms with Crippen molar-refractivity contribution in [1.82, 2.24) is 9.88 Å². The second-order valence-corrected chi connectivity index (χ2v) is 6.98. The third-order valence-corrected chi connectivity index (χ3v) is 4.85. The summed E-state index contributed by atoms with van der Waals surface area (Å²) >= 11 is 0. The second-order valence-electron chi connectivity index (χ2n) is 6.98. The van der Waals surface area contributed by atoms with E-state index in [4.69, 9.17) is 9.47 Å². The van der Waals surface area contributed by atoms with Crippen LogP contribution in [-0.4, -0.2) is 49.0 Å². The molecule has 1 fully saturated rings. The van der Waals surface area contributed by atoms with Gasteiger partial charge in [-0.25, -0.2) is 0 Å². The Morgan fingerprint density at radius 3 is 2.64 bits per heavy atom. The van der Waals surface area contributed by atoms with E-state index in [9.17, 15) is 9.59 Å². The molecule has 1 aliphatic rings. The molecule has 0 radical (unpaired) electrons. The first-order chi connectivity index (χ1) is 13.5. The fourth-order valence-electron chi connectivity index (χ4n) is 3.34. The summed E-state index contributed by atoms with van der Waals surface area (Å²) in [6.45, 7) is 3.61. The number of benzene rings is 1. The zero-order chi connectivity index (χ0) is 20.1. The number of methoxy groups -OCH3 is 2. The molecule has 1 aliphatic heterocycles. The van der Waals surface area contributed by atoms with Crippen molar-refractivity contribution >= 4 is 17.5 Å². The van der Waals surface area contributed by atoms with Crippen molar-refractivity contribution in [3.05, 3.63) is 47.8 Å². The maximum atomic E-state index is 12.8. The number of nitrogens with zero attached hydrogens (tertiary/aromatic N) is 2. The maximum absolute atomic E-state index is 12.8. The minimum absolute atomic E-state index is 0.0901. The highest BCUT2D eigenvalue weighted by Crippen LogP contribution is 2.29. The van der Waals surface area contributed by atoms with E-state index in [1.54, 1.807) is 31.4 Å². The maximum Gasteiger partial charge on any atom is 0.257 e. The van der Waals surface area contributed by atoms with Crippen molar-refractivity contribution in [1.29, 1.82) is 0 Å². The number of rotatable bonds is 5. The van der Waals surface area contributed by atoms with Gasteiger partial charge >= 0.3 is 0 Å². The molecule has 28 heavy (non-hydrogen) atoms. The van der Waals surface area contributed by atoms with Gasteiger partial charge in [-0.1, -0.05) is 6.92 Å². The zero-order valence-electron chi connectivity index (χ0n) is 16.4. The largest absolute Gasteiger partial charge is 0.497 e. The van der Waals surface area contributed by atoms with Gasteiger partial charge in [0.25, 0.3) is 11.8 Å². The summed E-state index contributed by atoms with van der Waals surface area (Å²) in [5.74, 6) is 1.13. The second kappa shape index (κ2) is 8.73. The van der Waals surface area contributed by atoms with E-state index < -0.39 is 0 Å². The Bertz CT molecular complexity index is 868. The molecule has 1 atom stereocenters. The van der Waals surface area contributed by atoms with Crippen LogP contribution >= 0.6 is 0 Å². The van der Waals surface area contributed by atoms with Crippen molar-refractivity contribution in [2.75, 3.05) is 32.6 Å². The topological polar surface area (TPSA) is 80.8 Å². The number of hydrogen-bond acceptors (Lipinski definition) is 5. The van der Waals surface area contributed by atoms with E-state index in [-0.39, 0.29) is 11.8 Å². The highest BCUT2D eigenvalue weighted by Gasteiger charge is 2.23. The molecule has 0 bridgehead atoms. The first-order valence-electron chi connectivity index (χ1n) is 9.29. The van der Waals surface area contributed by atoms with Crippen LogP contribution in [0.5, 0.6) is 11.5 Å². The Labute approximate surface area is 164 Å². The Hall–Kier alpha value is -3.09. The van der Waals surface area contributed by atoms with E-state index in [1.807, 2.05) is 4.90 Å². The molecule has 2 amide bonds. The smallest absolute Gasteiger partial charge is 0.257 e. The van der Waals surface area contributed by atoms with Crippen LogP contribution < -0.4 is 14.8 Å². The molecule has 3 rings (SSSR count). The van der Waals surface area contributed by atoms with Crippen LogP contribution in [-0.2, 0) is 0 Å². The fraction of sp³-hybridized carbons (Fsp3) is 0.381. The molecule has 0 spiro atoms. The third kappa shape index (κ3) is 4.42. The number of nitrogens with one attached hydrogen (secondary N) is 1. The molecule has 2 aromatic rings. The lowest BCUT2D eigenvalue weighted by Crippen LogP contribution is -2.39. The zero-order valence-corrected chi connectivity index (χ0v) is 16.4. The van der Waals surface area contributed by atoms with Gasteiger partial charge in [0.1, 0.15) is 11.5 Å². The van der Waals surface area contributed by atoms with E-state index in [2.05, 4.69) is 17.2 Å². The Kier molecular flexibility index (Phi) is 6.13. The minimum Gasteiger partial charge on any atom is -0.497 e. The van der Waals surface area contributed by atoms with Crippen LogP contribution in [0, 0.1) is 5.92 Å². The average Bonchev–Trinajstić information content (AvgIpc) is 2.73. The fourth-order valence-corrected chi connectivity index (χ4v) is 3.34. The average molecular weight is 383 g/mol. The Balaban J connectivity index is 1.78. The van der Waals surface area contributed by atoms with Crippen LogP contribution in [0.25, 0.3) is 0 Å². The van der Waals surface area contributed by atoms with Gasteiger partial charge in [-0.2, -0.15) is 0 Å². The molecule has 2 heterocycles. The third-order valence-electron chi connectivity index (χ3n) is 4.85. The normalized spacial score (nSPS) is 16.4. The molecule has 7 nitrogen and oxygen atoms in total. The van der Waals surface area contributed by atoms with Gasteiger partial charge in [-0.3, -0.25) is 14.6 Å². The van der Waals surface area contributed by atoms with Gasteiger partial charge in [0.15, 0.2) is 0 Å². The van der Waals surface area contributed by atoms with Crippen LogP contribution in [0.2, 0.25) is 0 Å². The lowest BCUT2D eigenvalue weighted by molar-refractivity contribution is 0.0682. The number of hydrogen-bond donors (Lipinski definition) is 1. The van der Waals surface area contributed by atoms with Gasteiger partial charge in [-0.05, 0) is 37.0 Å². The van der Waals surface area contributed by atoms with Gasteiger partial charge in [-0.15, -0.1) is 0 Å². The summed E-state index contributed by atoms with van der Waals surface area (Å²) in [7, 11) is 3.08. The molecule has 1 aromatic heterocycles. The van der Waals surface area contributed by atoms with E-state index in [0.29, 0.717) is 34.2 Å². The van der Waals surface area contributed by atoms with E-state index in [1.165, 1.54) is 19.5 Å². The number of likely N-dealkylation sites (tertiary alicyclic amines) is 1. The van der Waals surface area contributed by atoms with Gasteiger partial charge in [0.05, 0.1) is 31.0 Å². The number of carbonyl (C=O) groups is 2. The number of ether oxygens (including phenoxy) is 2. The Morgan fingerprint density at radius 2 is 1.93 bits per heavy atom. The summed E-state index contributed by atoms with van der Waals surface area (Å²) < 4.78 is 10.5. The van der Waals surface area contributed by atoms with E-state index >= 15 is 0 Å². The molecule has 1 N–H and O–H groups in total. The lowest BCUT2D eigenvalue weighted by atomic mass is 9.99. The molecule has 0 aliphatic carbocycles. The van der Waals surface area contributed by atoms with Gasteiger partial charge in [0, 0.05) is 31.5 Å². The van der Waals surface area contributed by atoms with Crippen LogP contribution in [0.4, 0.5) is 5.69 Å². The number of carbonyl (C=O) groups excluding carboxylic acids is 2. The van der Waals surface area contributed by atoms with Crippen molar-refractivity contribution in [3.8, 4) is 11.5 Å². The molecular formula is C21H25N3O4. The number of pyridine rings is 1. The number of anilines is 1. The van der Waals surface area contributed by atoms with Crippen molar-refractivity contribution in [2.45, 2.75) is 19.8 Å².